The Labute approximate surface area is 337 Å². The van der Waals surface area contributed by atoms with Crippen LogP contribution >= 0.6 is 0 Å². The van der Waals surface area contributed by atoms with Crippen molar-refractivity contribution in [1.82, 2.24) is 0 Å². The molecule has 3 aromatic rings. The van der Waals surface area contributed by atoms with Crippen LogP contribution in [0.2, 0.25) is 0 Å². The molecule has 3 aromatic carbocycles. The maximum absolute atomic E-state index is 12.1. The van der Waals surface area contributed by atoms with Crippen molar-refractivity contribution in [2.24, 2.45) is 17.8 Å². The zero-order valence-electron chi connectivity index (χ0n) is 34.7. The molecule has 9 nitrogen and oxygen atoms in total. The van der Waals surface area contributed by atoms with E-state index in [1.54, 1.807) is 13.8 Å². The maximum atomic E-state index is 12.1. The Kier molecular flexibility index (Phi) is 19.2. The van der Waals surface area contributed by atoms with E-state index < -0.39 is 39.6 Å². The van der Waals surface area contributed by atoms with Crippen molar-refractivity contribution in [3.8, 4) is 0 Å². The average Bonchev–Trinajstić information content (AvgIpc) is 3.18. The minimum absolute atomic E-state index is 0.153. The summed E-state index contributed by atoms with van der Waals surface area (Å²) >= 11 is 0. The maximum Gasteiger partial charge on any atom is 0.313 e. The van der Waals surface area contributed by atoms with E-state index in [4.69, 9.17) is 0 Å². The predicted octanol–water partition coefficient (Wildman–Crippen LogP) is 7.97. The van der Waals surface area contributed by atoms with Gasteiger partial charge < -0.3 is 24.8 Å². The summed E-state index contributed by atoms with van der Waals surface area (Å²) in [6.45, 7) is 14.7. The summed E-state index contributed by atoms with van der Waals surface area (Å²) in [4.78, 5) is 13.0. The number of carboxylic acids is 1. The third-order valence-electron chi connectivity index (χ3n) is 11.7. The normalized spacial score (nSPS) is 18.1. The molecule has 10 heteroatoms. The van der Waals surface area contributed by atoms with E-state index >= 15 is 0 Å². The highest BCUT2D eigenvalue weighted by molar-refractivity contribution is 7.80. The number of aliphatic carboxylic acids is 1. The van der Waals surface area contributed by atoms with Gasteiger partial charge in [0.15, 0.2) is 0 Å². The number of hydrogen-bond acceptors (Lipinski definition) is 7. The van der Waals surface area contributed by atoms with Crippen LogP contribution in [0.25, 0.3) is 0 Å². The Morgan fingerprint density at radius 1 is 0.839 bits per heavy atom. The highest BCUT2D eigenvalue weighted by Crippen LogP contribution is 2.40. The van der Waals surface area contributed by atoms with Crippen LogP contribution < -0.4 is 4.90 Å². The number of nitrogens with one attached hydrogen (secondary N) is 1. The lowest BCUT2D eigenvalue weighted by Gasteiger charge is -2.41. The van der Waals surface area contributed by atoms with E-state index in [9.17, 15) is 33.1 Å². The second-order valence-corrected chi connectivity index (χ2v) is 17.7. The molecule has 0 saturated carbocycles. The SMILES string of the molecule is CC(C)(C(=O)O)c1ccc(C(O)CCC[NH+]2CCC(C(O)(c3ccccc3)c3ccccc3)CC2)cc1.CCCCC(CC)CCC(CC(C)C)OS(=O)(=O)[O-]. The highest BCUT2D eigenvalue weighted by Gasteiger charge is 2.42. The van der Waals surface area contributed by atoms with E-state index in [0.29, 0.717) is 31.1 Å². The van der Waals surface area contributed by atoms with Crippen LogP contribution in [0.4, 0.5) is 0 Å². The topological polar surface area (TPSA) is 149 Å². The number of benzene rings is 3. The van der Waals surface area contributed by atoms with Gasteiger partial charge >= 0.3 is 5.97 Å². The van der Waals surface area contributed by atoms with Crippen LogP contribution in [-0.2, 0) is 30.4 Å². The molecule has 56 heavy (non-hydrogen) atoms. The molecule has 0 bridgehead atoms. The standard InChI is InChI=1S/C32H39NO4.C14H30O4S/c1-31(2,30(35)36)25-17-15-24(16-18-25)29(34)14-9-21-33-22-19-28(20-23-33)32(37,26-10-5-3-6-11-26)27-12-7-4-8-13-27;1-5-7-8-13(6-2)9-10-14(11-12(3)4)18-19(15,16)17/h3-8,10-13,15-18,28-29,34,37H,9,14,19-23H2,1-2H3,(H,35,36);12-14H,5-11H2,1-4H3,(H,15,16,17). The lowest BCUT2D eigenvalue weighted by molar-refractivity contribution is -0.906. The van der Waals surface area contributed by atoms with Gasteiger partial charge in [0.25, 0.3) is 0 Å². The van der Waals surface area contributed by atoms with E-state index in [1.807, 2.05) is 98.8 Å². The van der Waals surface area contributed by atoms with Gasteiger partial charge in [-0.05, 0) is 80.0 Å². The van der Waals surface area contributed by atoms with E-state index in [-0.39, 0.29) is 5.92 Å². The van der Waals surface area contributed by atoms with Crippen molar-refractivity contribution in [2.45, 2.75) is 135 Å². The largest absolute Gasteiger partial charge is 0.726 e. The van der Waals surface area contributed by atoms with Crippen molar-refractivity contribution in [3.05, 3.63) is 107 Å². The van der Waals surface area contributed by atoms with Gasteiger partial charge in [0.1, 0.15) is 5.60 Å². The highest BCUT2D eigenvalue weighted by atomic mass is 32.3. The summed E-state index contributed by atoms with van der Waals surface area (Å²) < 4.78 is 36.9. The quantitative estimate of drug-likeness (QED) is 0.0627. The fourth-order valence-electron chi connectivity index (χ4n) is 8.04. The first-order chi connectivity index (χ1) is 26.5. The van der Waals surface area contributed by atoms with Crippen molar-refractivity contribution in [1.29, 1.82) is 0 Å². The number of piperidine rings is 1. The van der Waals surface area contributed by atoms with Gasteiger partial charge in [-0.25, -0.2) is 8.42 Å². The Balaban J connectivity index is 0.000000376. The van der Waals surface area contributed by atoms with Crippen LogP contribution in [0.1, 0.15) is 141 Å². The van der Waals surface area contributed by atoms with Crippen LogP contribution in [0.3, 0.4) is 0 Å². The Hall–Kier alpha value is -3.12. The summed E-state index contributed by atoms with van der Waals surface area (Å²) in [5.74, 6) is 0.216. The van der Waals surface area contributed by atoms with Gasteiger partial charge in [-0.3, -0.25) is 8.98 Å². The number of quaternary nitrogens is 1. The predicted molar refractivity (Wildman–Crippen MR) is 222 cm³/mol. The van der Waals surface area contributed by atoms with Gasteiger partial charge in [-0.1, -0.05) is 138 Å². The molecule has 3 atom stereocenters. The second kappa shape index (κ2) is 22.7. The number of rotatable bonds is 21. The number of aliphatic hydroxyl groups is 2. The van der Waals surface area contributed by atoms with Crippen molar-refractivity contribution < 1.29 is 42.2 Å². The zero-order chi connectivity index (χ0) is 41.4. The van der Waals surface area contributed by atoms with Crippen LogP contribution in [0.5, 0.6) is 0 Å². The average molecular weight is 796 g/mol. The van der Waals surface area contributed by atoms with Gasteiger partial charge in [-0.15, -0.1) is 0 Å². The molecule has 4 N–H and O–H groups in total. The second-order valence-electron chi connectivity index (χ2n) is 16.7. The molecule has 1 heterocycles. The first kappa shape index (κ1) is 47.3. The minimum Gasteiger partial charge on any atom is -0.726 e. The molecule has 4 rings (SSSR count). The molecule has 1 saturated heterocycles. The molecule has 0 amide bonds. The number of likely N-dealkylation sites (tertiary alicyclic amines) is 1. The lowest BCUT2D eigenvalue weighted by Crippen LogP contribution is -3.13. The summed E-state index contributed by atoms with van der Waals surface area (Å²) in [5, 5.41) is 32.2. The Morgan fingerprint density at radius 2 is 1.39 bits per heavy atom. The first-order valence-electron chi connectivity index (χ1n) is 20.8. The van der Waals surface area contributed by atoms with Crippen molar-refractivity contribution >= 4 is 16.4 Å². The fourth-order valence-corrected chi connectivity index (χ4v) is 8.55. The molecule has 3 unspecified atom stereocenters. The Bertz CT molecular complexity index is 1620. The van der Waals surface area contributed by atoms with Crippen molar-refractivity contribution in [2.75, 3.05) is 19.6 Å². The third kappa shape index (κ3) is 14.7. The number of aliphatic hydroxyl groups excluding tert-OH is 1. The van der Waals surface area contributed by atoms with Gasteiger partial charge in [0, 0.05) is 18.8 Å². The molecule has 0 aromatic heterocycles. The first-order valence-corrected chi connectivity index (χ1v) is 22.2. The minimum atomic E-state index is -4.59. The molecule has 1 aliphatic rings. The lowest BCUT2D eigenvalue weighted by atomic mass is 9.72. The molecule has 312 valence electrons. The van der Waals surface area contributed by atoms with Crippen molar-refractivity contribution in [3.63, 3.8) is 0 Å². The van der Waals surface area contributed by atoms with Gasteiger partial charge in [-0.2, -0.15) is 0 Å². The summed E-state index contributed by atoms with van der Waals surface area (Å²) in [7, 11) is -4.59. The molecule has 0 aliphatic carbocycles. The van der Waals surface area contributed by atoms with Crippen LogP contribution in [0.15, 0.2) is 84.9 Å². The van der Waals surface area contributed by atoms with E-state index in [2.05, 4.69) is 18.0 Å². The number of carboxylic acid groups (broad SMARTS) is 1. The molecule has 1 fully saturated rings. The van der Waals surface area contributed by atoms with E-state index in [0.717, 1.165) is 74.0 Å². The van der Waals surface area contributed by atoms with Crippen LogP contribution in [-0.4, -0.2) is 60.0 Å². The monoisotopic (exact) mass is 795 g/mol. The van der Waals surface area contributed by atoms with Gasteiger partial charge in [0.05, 0.1) is 37.3 Å². The van der Waals surface area contributed by atoms with E-state index in [1.165, 1.54) is 24.2 Å². The smallest absolute Gasteiger partial charge is 0.313 e. The molecular formula is C46H69NO8S. The zero-order valence-corrected chi connectivity index (χ0v) is 35.5. The summed E-state index contributed by atoms with van der Waals surface area (Å²) in [5.41, 5.74) is 1.52. The summed E-state index contributed by atoms with van der Waals surface area (Å²) in [6, 6.07) is 27.4. The molecular weight excluding hydrogens is 727 g/mol. The molecule has 0 radical (unpaired) electrons. The summed E-state index contributed by atoms with van der Waals surface area (Å²) in [6.07, 6.45) is 9.31. The number of carbonyl (C=O) groups is 1. The van der Waals surface area contributed by atoms with Gasteiger partial charge in [0.2, 0.25) is 10.4 Å². The Morgan fingerprint density at radius 3 is 1.86 bits per heavy atom. The molecule has 0 spiro atoms. The number of hydrogen-bond donors (Lipinski definition) is 4. The number of unbranched alkanes of at least 4 members (excludes halogenated alkanes) is 1. The van der Waals surface area contributed by atoms with Crippen LogP contribution in [0, 0.1) is 17.8 Å². The fraction of sp³-hybridized carbons (Fsp3) is 0.587. The third-order valence-corrected chi connectivity index (χ3v) is 12.2. The molecule has 1 aliphatic heterocycles.